The van der Waals surface area contributed by atoms with Gasteiger partial charge in [-0.3, -0.25) is 9.59 Å². The third-order valence-corrected chi connectivity index (χ3v) is 13.4. The summed E-state index contributed by atoms with van der Waals surface area (Å²) < 4.78 is 22.0. The summed E-state index contributed by atoms with van der Waals surface area (Å²) in [6, 6.07) is 12.2. The number of ether oxygens (including phenoxy) is 4. The van der Waals surface area contributed by atoms with Crippen molar-refractivity contribution in [2.45, 2.75) is 124 Å². The molecule has 0 aliphatic carbocycles. The van der Waals surface area contributed by atoms with E-state index in [1.165, 1.54) is 14.2 Å². The zero-order valence-corrected chi connectivity index (χ0v) is 40.3. The van der Waals surface area contributed by atoms with E-state index < -0.39 is 30.3 Å². The Morgan fingerprint density at radius 1 is 0.970 bits per heavy atom. The molecule has 7 rings (SSSR count). The molecule has 0 bridgehead atoms. The van der Waals surface area contributed by atoms with Crippen molar-refractivity contribution in [3.63, 3.8) is 0 Å². The Bertz CT molecular complexity index is 2610. The van der Waals surface area contributed by atoms with E-state index in [9.17, 15) is 19.2 Å². The lowest BCUT2D eigenvalue weighted by Gasteiger charge is -2.40. The minimum Gasteiger partial charge on any atom is -0.488 e. The van der Waals surface area contributed by atoms with Crippen LogP contribution in [0.3, 0.4) is 0 Å². The van der Waals surface area contributed by atoms with Crippen LogP contribution in [-0.2, 0) is 37.0 Å². The number of carbonyl (C=O) groups excluding carboxylic acids is 4. The molecule has 4 N–H and O–H groups in total. The van der Waals surface area contributed by atoms with Crippen LogP contribution in [0.2, 0.25) is 0 Å². The zero-order chi connectivity index (χ0) is 48.2. The van der Waals surface area contributed by atoms with E-state index in [1.807, 2.05) is 52.8 Å². The number of benzene rings is 3. The number of fused-ring (bicyclic) bond motifs is 6. The number of H-pyrrole nitrogens is 2. The molecule has 2 aliphatic rings. The average molecular weight is 919 g/mol. The summed E-state index contributed by atoms with van der Waals surface area (Å²) in [5.41, 5.74) is 6.24. The van der Waals surface area contributed by atoms with Gasteiger partial charge in [-0.1, -0.05) is 52.0 Å². The standard InChI is InChI=1S/C51H66N8O8/c1-11-14-36(24-51(8)19-13-20-66-28-51)58(47(60)31(6)53-49(62)64-9)26-43-54-40-18-16-33-22-39-37-17-15-34(21-35(37)27-67-42(39)23-38(33)45(40)56-43)41-25-52-46(55-41)32(7)59(30(5)12-2)48(61)44(29(3)4)57-50(63)65-10/h11,15-18,21-23,25,29-32,36,44H,1,12-14,19-20,24,26-28H2,2-10H3,(H,52,55)(H,53,62)(H,54,56)(H,57,63)/t30-,31-,32-,36+,44-,51?/m0/s1. The number of carbonyl (C=O) groups is 4. The van der Waals surface area contributed by atoms with Gasteiger partial charge in [0.05, 0.1) is 56.3 Å². The van der Waals surface area contributed by atoms with Crippen molar-refractivity contribution >= 4 is 45.8 Å². The molecule has 358 valence electrons. The highest BCUT2D eigenvalue weighted by Gasteiger charge is 2.38. The maximum atomic E-state index is 14.2. The fourth-order valence-corrected chi connectivity index (χ4v) is 9.58. The molecule has 5 aromatic rings. The zero-order valence-electron chi connectivity index (χ0n) is 40.3. The average Bonchev–Trinajstić information content (AvgIpc) is 3.99. The van der Waals surface area contributed by atoms with Crippen molar-refractivity contribution in [3.05, 3.63) is 78.5 Å². The number of hydrogen-bond acceptors (Lipinski definition) is 10. The van der Waals surface area contributed by atoms with Crippen molar-refractivity contribution in [1.29, 1.82) is 0 Å². The first-order valence-electron chi connectivity index (χ1n) is 23.4. The topological polar surface area (TPSA) is 193 Å². The van der Waals surface area contributed by atoms with Crippen molar-refractivity contribution in [2.75, 3.05) is 27.4 Å². The number of imidazole rings is 2. The highest BCUT2D eigenvalue weighted by Crippen LogP contribution is 2.43. The molecule has 4 heterocycles. The van der Waals surface area contributed by atoms with E-state index in [0.717, 1.165) is 75.0 Å². The number of aromatic amines is 2. The van der Waals surface area contributed by atoms with Gasteiger partial charge in [0.2, 0.25) is 11.8 Å². The fourth-order valence-electron chi connectivity index (χ4n) is 9.58. The molecule has 3 aromatic carbocycles. The first kappa shape index (κ1) is 48.5. The molecule has 0 spiro atoms. The Labute approximate surface area is 392 Å². The Hall–Kier alpha value is -6.42. The summed E-state index contributed by atoms with van der Waals surface area (Å²) in [6.45, 7) is 19.5. The predicted octanol–water partition coefficient (Wildman–Crippen LogP) is 8.96. The Kier molecular flexibility index (Phi) is 14.9. The van der Waals surface area contributed by atoms with Gasteiger partial charge >= 0.3 is 12.2 Å². The Balaban J connectivity index is 1.15. The van der Waals surface area contributed by atoms with Gasteiger partial charge < -0.3 is 49.3 Å². The lowest BCUT2D eigenvalue weighted by atomic mass is 9.78. The van der Waals surface area contributed by atoms with Crippen LogP contribution in [0.5, 0.6) is 5.75 Å². The number of nitrogens with zero attached hydrogens (tertiary/aromatic N) is 4. The maximum absolute atomic E-state index is 14.2. The van der Waals surface area contributed by atoms with E-state index in [-0.39, 0.29) is 41.8 Å². The lowest BCUT2D eigenvalue weighted by molar-refractivity contribution is -0.139. The van der Waals surface area contributed by atoms with Gasteiger partial charge in [0, 0.05) is 29.6 Å². The third kappa shape index (κ3) is 10.4. The molecule has 4 amide bonds. The van der Waals surface area contributed by atoms with Crippen molar-refractivity contribution in [3.8, 4) is 28.1 Å². The van der Waals surface area contributed by atoms with Crippen molar-refractivity contribution in [2.24, 2.45) is 11.3 Å². The van der Waals surface area contributed by atoms with E-state index in [2.05, 4.69) is 64.4 Å². The summed E-state index contributed by atoms with van der Waals surface area (Å²) >= 11 is 0. The maximum Gasteiger partial charge on any atom is 0.407 e. The summed E-state index contributed by atoms with van der Waals surface area (Å²) in [4.78, 5) is 73.1. The summed E-state index contributed by atoms with van der Waals surface area (Å²) in [7, 11) is 2.56. The largest absolute Gasteiger partial charge is 0.488 e. The van der Waals surface area contributed by atoms with Crippen LogP contribution in [-0.4, -0.2) is 105 Å². The summed E-state index contributed by atoms with van der Waals surface area (Å²) in [6.07, 6.45) is 6.21. The molecule has 0 radical (unpaired) electrons. The van der Waals surface area contributed by atoms with E-state index >= 15 is 0 Å². The van der Waals surface area contributed by atoms with Crippen LogP contribution in [0.25, 0.3) is 44.2 Å². The van der Waals surface area contributed by atoms with Crippen LogP contribution >= 0.6 is 0 Å². The molecule has 6 atom stereocenters. The first-order valence-corrected chi connectivity index (χ1v) is 23.4. The van der Waals surface area contributed by atoms with Crippen LogP contribution in [0.4, 0.5) is 9.59 Å². The minimum atomic E-state index is -0.840. The highest BCUT2D eigenvalue weighted by atomic mass is 16.5. The van der Waals surface area contributed by atoms with Gasteiger partial charge in [0.25, 0.3) is 0 Å². The van der Waals surface area contributed by atoms with Crippen molar-refractivity contribution < 1.29 is 38.1 Å². The number of hydrogen-bond donors (Lipinski definition) is 4. The third-order valence-electron chi connectivity index (χ3n) is 13.4. The number of alkyl carbamates (subject to hydrolysis) is 2. The Morgan fingerprint density at radius 3 is 2.42 bits per heavy atom. The minimum absolute atomic E-state index is 0.121. The molecule has 1 unspecified atom stereocenters. The van der Waals surface area contributed by atoms with E-state index in [0.29, 0.717) is 44.1 Å². The van der Waals surface area contributed by atoms with Gasteiger partial charge in [-0.05, 0) is 111 Å². The van der Waals surface area contributed by atoms with Crippen LogP contribution < -0.4 is 15.4 Å². The number of nitrogens with one attached hydrogen (secondary N) is 4. The smallest absolute Gasteiger partial charge is 0.407 e. The second-order valence-corrected chi connectivity index (χ2v) is 18.8. The molecule has 2 aromatic heterocycles. The molecule has 16 nitrogen and oxygen atoms in total. The normalized spacial score (nSPS) is 17.8. The van der Waals surface area contributed by atoms with Gasteiger partial charge in [-0.25, -0.2) is 19.6 Å². The number of rotatable bonds is 17. The molecule has 1 saturated heterocycles. The van der Waals surface area contributed by atoms with Crippen molar-refractivity contribution in [1.82, 2.24) is 40.4 Å². The fraction of sp³-hybridized carbons (Fsp3) is 0.490. The number of amides is 4. The lowest BCUT2D eigenvalue weighted by Crippen LogP contribution is -2.54. The first-order chi connectivity index (χ1) is 32.1. The van der Waals surface area contributed by atoms with Gasteiger partial charge in [0.15, 0.2) is 0 Å². The van der Waals surface area contributed by atoms with Crippen LogP contribution in [0.15, 0.2) is 61.3 Å². The summed E-state index contributed by atoms with van der Waals surface area (Å²) in [5, 5.41) is 7.28. The SMILES string of the molecule is C=CC[C@H](CC1(C)CCCOC1)N(Cc1nc2c(ccc3cc4c(cc32)OCc2cc(-c3cnc([C@H](C)N(C(=O)[C@@H](NC(=O)OC)C(C)C)[C@@H](C)CC)[nH]3)ccc2-4)[nH]1)C(=O)[C@H](C)NC(=O)OC. The molecule has 0 saturated carbocycles. The van der Waals surface area contributed by atoms with E-state index in [1.54, 1.807) is 22.9 Å². The number of aromatic nitrogens is 4. The van der Waals surface area contributed by atoms with Crippen LogP contribution in [0.1, 0.15) is 104 Å². The second-order valence-electron chi connectivity index (χ2n) is 18.8. The summed E-state index contributed by atoms with van der Waals surface area (Å²) in [5.74, 6) is 1.38. The number of methoxy groups -OCH3 is 2. The molecule has 1 fully saturated rings. The second kappa shape index (κ2) is 20.6. The van der Waals surface area contributed by atoms with Crippen LogP contribution in [0, 0.1) is 11.3 Å². The monoisotopic (exact) mass is 919 g/mol. The predicted molar refractivity (Wildman–Crippen MR) is 257 cm³/mol. The quantitative estimate of drug-likeness (QED) is 0.0655. The van der Waals surface area contributed by atoms with E-state index in [4.69, 9.17) is 28.9 Å². The molecular formula is C51H66N8O8. The molecule has 16 heteroatoms. The van der Waals surface area contributed by atoms with Gasteiger partial charge in [-0.15, -0.1) is 6.58 Å². The van der Waals surface area contributed by atoms with Gasteiger partial charge in [-0.2, -0.15) is 0 Å². The van der Waals surface area contributed by atoms with Gasteiger partial charge in [0.1, 0.15) is 36.1 Å². The Morgan fingerprint density at radius 2 is 1.73 bits per heavy atom. The molecule has 67 heavy (non-hydrogen) atoms. The highest BCUT2D eigenvalue weighted by molar-refractivity contribution is 6.07. The molecule has 2 aliphatic heterocycles. The molecular weight excluding hydrogens is 853 g/mol.